The number of nitrogens with one attached hydrogen (secondary N) is 2. The molecule has 4 aromatic carbocycles. The molecule has 0 bridgehead atoms. The SMILES string of the molecule is COc1cc(C(=O)Oc2ccc(Cl)cc2/C=N/NC(=O)c2ccc(NC(=O)c3ccc(Cl)cc3)cc2)cc(OC)c1OC. The van der Waals surface area contributed by atoms with Crippen molar-refractivity contribution in [3.8, 4) is 23.0 Å². The number of hydrogen-bond acceptors (Lipinski definition) is 8. The topological polar surface area (TPSA) is 125 Å². The fourth-order valence-electron chi connectivity index (χ4n) is 3.81. The molecule has 0 atom stereocenters. The van der Waals surface area contributed by atoms with Gasteiger partial charge in [0.05, 0.1) is 33.1 Å². The molecule has 0 saturated carbocycles. The number of benzene rings is 4. The van der Waals surface area contributed by atoms with Crippen molar-refractivity contribution < 1.29 is 33.3 Å². The number of amides is 2. The molecule has 0 aliphatic carbocycles. The van der Waals surface area contributed by atoms with Crippen LogP contribution in [0.3, 0.4) is 0 Å². The third-order valence-corrected chi connectivity index (χ3v) is 6.44. The van der Waals surface area contributed by atoms with Crippen molar-refractivity contribution in [3.63, 3.8) is 0 Å². The highest BCUT2D eigenvalue weighted by atomic mass is 35.5. The second kappa shape index (κ2) is 14.2. The average molecular weight is 622 g/mol. The number of rotatable bonds is 10. The summed E-state index contributed by atoms with van der Waals surface area (Å²) in [6.45, 7) is 0. The Morgan fingerprint density at radius 3 is 1.86 bits per heavy atom. The molecule has 2 N–H and O–H groups in total. The van der Waals surface area contributed by atoms with Crippen LogP contribution in [0.1, 0.15) is 36.6 Å². The minimum absolute atomic E-state index is 0.141. The minimum atomic E-state index is -0.705. The second-order valence-electron chi connectivity index (χ2n) is 8.72. The molecule has 0 unspecified atom stereocenters. The number of carbonyl (C=O) groups is 3. The third-order valence-electron chi connectivity index (χ3n) is 5.96. The van der Waals surface area contributed by atoms with E-state index in [4.69, 9.17) is 42.1 Å². The van der Waals surface area contributed by atoms with Crippen LogP contribution in [0, 0.1) is 0 Å². The normalized spacial score (nSPS) is 10.6. The molecule has 220 valence electrons. The van der Waals surface area contributed by atoms with E-state index in [2.05, 4.69) is 15.8 Å². The Morgan fingerprint density at radius 1 is 0.674 bits per heavy atom. The van der Waals surface area contributed by atoms with E-state index in [9.17, 15) is 14.4 Å². The molecule has 0 spiro atoms. The summed E-state index contributed by atoms with van der Waals surface area (Å²) in [5.74, 6) is -0.497. The fourth-order valence-corrected chi connectivity index (χ4v) is 4.11. The van der Waals surface area contributed by atoms with E-state index in [1.54, 1.807) is 42.5 Å². The van der Waals surface area contributed by atoms with Crippen molar-refractivity contribution >= 4 is 52.9 Å². The van der Waals surface area contributed by atoms with Crippen LogP contribution in [0.2, 0.25) is 10.0 Å². The first-order chi connectivity index (χ1) is 20.7. The summed E-state index contributed by atoms with van der Waals surface area (Å²) in [6.07, 6.45) is 1.29. The molecule has 2 amide bonds. The van der Waals surface area contributed by atoms with E-state index in [1.807, 2.05) is 0 Å². The number of hydrogen-bond donors (Lipinski definition) is 2. The lowest BCUT2D eigenvalue weighted by Crippen LogP contribution is -2.18. The summed E-state index contributed by atoms with van der Waals surface area (Å²) < 4.78 is 21.5. The van der Waals surface area contributed by atoms with Gasteiger partial charge in [-0.15, -0.1) is 0 Å². The average Bonchev–Trinajstić information content (AvgIpc) is 3.01. The summed E-state index contributed by atoms with van der Waals surface area (Å²) in [7, 11) is 4.32. The van der Waals surface area contributed by atoms with Gasteiger partial charge in [0.1, 0.15) is 5.75 Å². The van der Waals surface area contributed by atoms with Crippen LogP contribution in [0.4, 0.5) is 5.69 Å². The first-order valence-corrected chi connectivity index (χ1v) is 13.3. The van der Waals surface area contributed by atoms with Gasteiger partial charge in [0, 0.05) is 32.4 Å². The molecule has 0 aliphatic rings. The van der Waals surface area contributed by atoms with E-state index in [0.29, 0.717) is 38.2 Å². The Bertz CT molecular complexity index is 1650. The Kier molecular flexibility index (Phi) is 10.2. The summed E-state index contributed by atoms with van der Waals surface area (Å²) in [6, 6.07) is 20.2. The van der Waals surface area contributed by atoms with Gasteiger partial charge in [0.15, 0.2) is 11.5 Å². The number of nitrogens with zero attached hydrogens (tertiary/aromatic N) is 1. The standard InChI is InChI=1S/C31H25Cl2N3O7/c1-40-26-15-20(16-27(41-2)28(26)42-3)31(39)43-25-13-10-23(33)14-21(25)17-34-36-30(38)19-6-11-24(12-7-19)35-29(37)18-4-8-22(32)9-5-18/h4-17H,1-3H3,(H,35,37)(H,36,38)/b34-17+. The van der Waals surface area contributed by atoms with Gasteiger partial charge in [-0.1, -0.05) is 23.2 Å². The van der Waals surface area contributed by atoms with Crippen LogP contribution in [0.25, 0.3) is 0 Å². The second-order valence-corrected chi connectivity index (χ2v) is 9.60. The minimum Gasteiger partial charge on any atom is -0.493 e. The van der Waals surface area contributed by atoms with Crippen LogP contribution in [0.15, 0.2) is 84.0 Å². The van der Waals surface area contributed by atoms with Crippen molar-refractivity contribution in [2.45, 2.75) is 0 Å². The Labute approximate surface area is 257 Å². The van der Waals surface area contributed by atoms with Gasteiger partial charge in [0.2, 0.25) is 5.75 Å². The van der Waals surface area contributed by atoms with E-state index in [0.717, 1.165) is 0 Å². The summed E-state index contributed by atoms with van der Waals surface area (Å²) in [5.41, 5.74) is 4.12. The highest BCUT2D eigenvalue weighted by Gasteiger charge is 2.19. The number of carbonyl (C=O) groups excluding carboxylic acids is 3. The largest absolute Gasteiger partial charge is 0.493 e. The molecule has 0 heterocycles. The predicted octanol–water partition coefficient (Wildman–Crippen LogP) is 6.25. The molecule has 0 radical (unpaired) electrons. The number of hydrazone groups is 1. The lowest BCUT2D eigenvalue weighted by atomic mass is 10.1. The zero-order valence-electron chi connectivity index (χ0n) is 23.1. The summed E-state index contributed by atoms with van der Waals surface area (Å²) >= 11 is 12.0. The zero-order chi connectivity index (χ0) is 30.9. The molecule has 4 aromatic rings. The number of anilines is 1. The maximum Gasteiger partial charge on any atom is 0.343 e. The smallest absolute Gasteiger partial charge is 0.343 e. The van der Waals surface area contributed by atoms with Crippen molar-refractivity contribution in [3.05, 3.63) is 111 Å². The maximum absolute atomic E-state index is 13.0. The predicted molar refractivity (Wildman–Crippen MR) is 163 cm³/mol. The van der Waals surface area contributed by atoms with Crippen LogP contribution in [-0.4, -0.2) is 45.3 Å². The molecule has 10 nitrogen and oxygen atoms in total. The van der Waals surface area contributed by atoms with Crippen molar-refractivity contribution in [1.82, 2.24) is 5.43 Å². The van der Waals surface area contributed by atoms with Gasteiger partial charge in [-0.3, -0.25) is 9.59 Å². The van der Waals surface area contributed by atoms with E-state index >= 15 is 0 Å². The number of halogens is 2. The molecule has 0 aliphatic heterocycles. The van der Waals surface area contributed by atoms with Crippen LogP contribution in [-0.2, 0) is 0 Å². The lowest BCUT2D eigenvalue weighted by Gasteiger charge is -2.14. The first kappa shape index (κ1) is 30.9. The summed E-state index contributed by atoms with van der Waals surface area (Å²) in [4.78, 5) is 38.0. The number of esters is 1. The Morgan fingerprint density at radius 2 is 1.26 bits per heavy atom. The molecule has 4 rings (SSSR count). The van der Waals surface area contributed by atoms with Gasteiger partial charge >= 0.3 is 5.97 Å². The van der Waals surface area contributed by atoms with Gasteiger partial charge in [0.25, 0.3) is 11.8 Å². The fraction of sp³-hybridized carbons (Fsp3) is 0.0968. The van der Waals surface area contributed by atoms with E-state index in [1.165, 1.54) is 63.9 Å². The molecule has 43 heavy (non-hydrogen) atoms. The Balaban J connectivity index is 1.42. The van der Waals surface area contributed by atoms with Crippen LogP contribution < -0.4 is 29.7 Å². The van der Waals surface area contributed by atoms with Crippen LogP contribution >= 0.6 is 23.2 Å². The van der Waals surface area contributed by atoms with E-state index in [-0.39, 0.29) is 28.7 Å². The maximum atomic E-state index is 13.0. The van der Waals surface area contributed by atoms with Crippen LogP contribution in [0.5, 0.6) is 23.0 Å². The monoisotopic (exact) mass is 621 g/mol. The molecular weight excluding hydrogens is 597 g/mol. The van der Waals surface area contributed by atoms with E-state index < -0.39 is 11.9 Å². The first-order valence-electron chi connectivity index (χ1n) is 12.5. The Hall–Kier alpha value is -5.06. The van der Waals surface area contributed by atoms with Crippen molar-refractivity contribution in [2.75, 3.05) is 26.6 Å². The molecular formula is C31H25Cl2N3O7. The van der Waals surface area contributed by atoms with Gasteiger partial charge in [-0.05, 0) is 78.9 Å². The molecule has 0 fully saturated rings. The molecule has 12 heteroatoms. The van der Waals surface area contributed by atoms with Gasteiger partial charge < -0.3 is 24.3 Å². The highest BCUT2D eigenvalue weighted by molar-refractivity contribution is 6.31. The number of methoxy groups -OCH3 is 3. The third kappa shape index (κ3) is 7.82. The number of ether oxygens (including phenoxy) is 4. The van der Waals surface area contributed by atoms with Crippen molar-refractivity contribution in [1.29, 1.82) is 0 Å². The lowest BCUT2D eigenvalue weighted by molar-refractivity contribution is 0.0733. The quantitative estimate of drug-likeness (QED) is 0.0927. The molecule has 0 aromatic heterocycles. The van der Waals surface area contributed by atoms with Gasteiger partial charge in [-0.2, -0.15) is 5.10 Å². The van der Waals surface area contributed by atoms with Gasteiger partial charge in [-0.25, -0.2) is 10.2 Å². The summed E-state index contributed by atoms with van der Waals surface area (Å²) in [5, 5.41) is 7.62. The zero-order valence-corrected chi connectivity index (χ0v) is 24.7. The van der Waals surface area contributed by atoms with Crippen molar-refractivity contribution in [2.24, 2.45) is 5.10 Å². The highest BCUT2D eigenvalue weighted by Crippen LogP contribution is 2.38. The molecule has 0 saturated heterocycles.